The Morgan fingerprint density at radius 1 is 0.369 bits per heavy atom. The fourth-order valence-corrected chi connectivity index (χ4v) is 8.76. The lowest BCUT2D eigenvalue weighted by Crippen LogP contribution is -2.45. The highest BCUT2D eigenvalue weighted by molar-refractivity contribution is 5.76. The zero-order valence-electron chi connectivity index (χ0n) is 43.8. The third kappa shape index (κ3) is 52.9. The van der Waals surface area contributed by atoms with Crippen molar-refractivity contribution < 1.29 is 15.0 Å². The van der Waals surface area contributed by atoms with Crippen LogP contribution in [0.4, 0.5) is 0 Å². The Kier molecular flexibility index (Phi) is 54.8. The number of hydrogen-bond donors (Lipinski definition) is 3. The summed E-state index contributed by atoms with van der Waals surface area (Å²) in [6.07, 6.45) is 79.9. The van der Waals surface area contributed by atoms with Crippen LogP contribution in [-0.4, -0.2) is 34.9 Å². The normalized spacial score (nSPS) is 13.2. The van der Waals surface area contributed by atoms with Crippen LogP contribution < -0.4 is 5.32 Å². The van der Waals surface area contributed by atoms with E-state index < -0.39 is 12.1 Å². The summed E-state index contributed by atoms with van der Waals surface area (Å²) in [4.78, 5) is 12.4. The molecule has 0 saturated carbocycles. The van der Waals surface area contributed by atoms with Gasteiger partial charge in [0.2, 0.25) is 5.91 Å². The summed E-state index contributed by atoms with van der Waals surface area (Å²) in [5.41, 5.74) is 0. The van der Waals surface area contributed by atoms with Crippen molar-refractivity contribution in [2.75, 3.05) is 6.61 Å². The third-order valence-corrected chi connectivity index (χ3v) is 13.2. The second kappa shape index (κ2) is 56.4. The van der Waals surface area contributed by atoms with Gasteiger partial charge in [0, 0.05) is 6.42 Å². The molecule has 4 heteroatoms. The van der Waals surface area contributed by atoms with E-state index in [9.17, 15) is 15.0 Å². The molecule has 0 rings (SSSR count). The van der Waals surface area contributed by atoms with Crippen molar-refractivity contribution in [3.05, 3.63) is 60.8 Å². The molecule has 0 aliphatic heterocycles. The summed E-state index contributed by atoms with van der Waals surface area (Å²) in [6, 6.07) is -0.644. The number of carbonyl (C=O) groups excluding carboxylic acids is 1. The Labute approximate surface area is 406 Å². The van der Waals surface area contributed by atoms with Crippen molar-refractivity contribution in [1.82, 2.24) is 5.32 Å². The lowest BCUT2D eigenvalue weighted by atomic mass is 10.0. The van der Waals surface area contributed by atoms with Gasteiger partial charge in [0.15, 0.2) is 0 Å². The van der Waals surface area contributed by atoms with E-state index in [0.29, 0.717) is 6.42 Å². The van der Waals surface area contributed by atoms with E-state index in [2.05, 4.69) is 67.8 Å². The van der Waals surface area contributed by atoms with E-state index >= 15 is 0 Å². The molecule has 0 aliphatic carbocycles. The molecule has 0 aromatic rings. The lowest BCUT2D eigenvalue weighted by molar-refractivity contribution is -0.123. The molecule has 0 saturated heterocycles. The zero-order chi connectivity index (χ0) is 47.0. The van der Waals surface area contributed by atoms with Crippen LogP contribution in [0.5, 0.6) is 0 Å². The summed E-state index contributed by atoms with van der Waals surface area (Å²) < 4.78 is 0. The van der Waals surface area contributed by atoms with Crippen LogP contribution in [0.3, 0.4) is 0 Å². The standard InChI is InChI=1S/C61H113NO3/c1-3-5-7-9-11-13-15-17-18-19-20-21-22-23-24-25-26-27-28-29-30-31-32-33-34-35-36-37-38-39-40-41-42-43-44-45-47-49-51-53-55-57-61(65)62-59(58-63)60(64)56-54-52-50-48-46-16-14-12-10-8-6-4-2/h10,12,15,17,19-20,46,48,54,56,59-60,63-64H,3-9,11,13-14,16,18,21-45,47,49-53,55,57-58H2,1-2H3,(H,62,65)/b12-10+,17-15-,20-19-,48-46+,56-54+. The minimum atomic E-state index is -0.868. The van der Waals surface area contributed by atoms with Crippen LogP contribution in [-0.2, 0) is 4.79 Å². The Hall–Kier alpha value is -1.91. The van der Waals surface area contributed by atoms with Gasteiger partial charge in [-0.05, 0) is 70.6 Å². The maximum Gasteiger partial charge on any atom is 0.220 e. The predicted molar refractivity (Wildman–Crippen MR) is 290 cm³/mol. The highest BCUT2D eigenvalue weighted by Crippen LogP contribution is 2.17. The molecule has 65 heavy (non-hydrogen) atoms. The number of aliphatic hydroxyl groups excluding tert-OH is 2. The molecule has 2 unspecified atom stereocenters. The molecule has 0 aromatic heterocycles. The zero-order valence-corrected chi connectivity index (χ0v) is 43.8. The van der Waals surface area contributed by atoms with Crippen LogP contribution in [0, 0.1) is 0 Å². The molecule has 2 atom stereocenters. The Morgan fingerprint density at radius 3 is 1.03 bits per heavy atom. The van der Waals surface area contributed by atoms with Gasteiger partial charge in [-0.25, -0.2) is 0 Å². The molecule has 0 bridgehead atoms. The van der Waals surface area contributed by atoms with E-state index in [-0.39, 0.29) is 12.5 Å². The third-order valence-electron chi connectivity index (χ3n) is 13.2. The average Bonchev–Trinajstić information content (AvgIpc) is 3.31. The van der Waals surface area contributed by atoms with Gasteiger partial charge in [-0.3, -0.25) is 4.79 Å². The first-order valence-electron chi connectivity index (χ1n) is 29.0. The second-order valence-electron chi connectivity index (χ2n) is 19.7. The van der Waals surface area contributed by atoms with Gasteiger partial charge < -0.3 is 15.5 Å². The quantitative estimate of drug-likeness (QED) is 0.0421. The number of rotatable bonds is 53. The highest BCUT2D eigenvalue weighted by Gasteiger charge is 2.18. The molecular weight excluding hydrogens is 795 g/mol. The number of unbranched alkanes of at least 4 members (excludes halogenated alkanes) is 38. The molecule has 0 aromatic carbocycles. The van der Waals surface area contributed by atoms with Gasteiger partial charge in [-0.1, -0.05) is 286 Å². The molecule has 0 fully saturated rings. The van der Waals surface area contributed by atoms with E-state index in [1.54, 1.807) is 6.08 Å². The lowest BCUT2D eigenvalue weighted by Gasteiger charge is -2.19. The summed E-state index contributed by atoms with van der Waals surface area (Å²) in [5.74, 6) is -0.0758. The monoisotopic (exact) mass is 908 g/mol. The number of nitrogens with one attached hydrogen (secondary N) is 1. The van der Waals surface area contributed by atoms with E-state index in [1.807, 2.05) is 6.08 Å². The van der Waals surface area contributed by atoms with Crippen molar-refractivity contribution in [2.45, 2.75) is 315 Å². The molecule has 380 valence electrons. The van der Waals surface area contributed by atoms with Crippen LogP contribution in [0.25, 0.3) is 0 Å². The van der Waals surface area contributed by atoms with Gasteiger partial charge in [0.25, 0.3) is 0 Å². The van der Waals surface area contributed by atoms with Crippen LogP contribution in [0.2, 0.25) is 0 Å². The first-order chi connectivity index (χ1) is 32.2. The average molecular weight is 909 g/mol. The Bertz CT molecular complexity index is 1070. The van der Waals surface area contributed by atoms with Crippen LogP contribution >= 0.6 is 0 Å². The number of aliphatic hydroxyl groups is 2. The van der Waals surface area contributed by atoms with E-state index in [0.717, 1.165) is 44.9 Å². The van der Waals surface area contributed by atoms with Gasteiger partial charge in [0.1, 0.15) is 0 Å². The van der Waals surface area contributed by atoms with Gasteiger partial charge in [0.05, 0.1) is 18.8 Å². The summed E-state index contributed by atoms with van der Waals surface area (Å²) in [6.45, 7) is 4.24. The largest absolute Gasteiger partial charge is 0.394 e. The van der Waals surface area contributed by atoms with Crippen molar-refractivity contribution in [3.8, 4) is 0 Å². The number of amides is 1. The van der Waals surface area contributed by atoms with Gasteiger partial charge in [-0.15, -0.1) is 0 Å². The van der Waals surface area contributed by atoms with E-state index in [1.165, 1.54) is 238 Å². The SMILES string of the molecule is CCCC/C=C/CC/C=C/CC/C=C/C(O)C(CO)NC(=O)CCCCCCCCCCCCCCCCCCCCCCCCCCCCCCC/C=C\C/C=C\CCCCCCC. The topological polar surface area (TPSA) is 69.6 Å². The van der Waals surface area contributed by atoms with Crippen LogP contribution in [0.15, 0.2) is 60.8 Å². The maximum atomic E-state index is 12.4. The van der Waals surface area contributed by atoms with Gasteiger partial charge >= 0.3 is 0 Å². The van der Waals surface area contributed by atoms with Crippen LogP contribution in [0.1, 0.15) is 303 Å². The molecule has 1 amide bonds. The molecule has 0 spiro atoms. The number of hydrogen-bond acceptors (Lipinski definition) is 3. The summed E-state index contributed by atoms with van der Waals surface area (Å²) in [5, 5.41) is 23.0. The minimum absolute atomic E-state index is 0.0758. The van der Waals surface area contributed by atoms with Crippen molar-refractivity contribution >= 4 is 5.91 Å². The maximum absolute atomic E-state index is 12.4. The molecular formula is C61H113NO3. The Balaban J connectivity index is 3.37. The van der Waals surface area contributed by atoms with Gasteiger partial charge in [-0.2, -0.15) is 0 Å². The van der Waals surface area contributed by atoms with Crippen molar-refractivity contribution in [1.29, 1.82) is 0 Å². The predicted octanol–water partition coefficient (Wildman–Crippen LogP) is 19.2. The molecule has 0 radical (unpaired) electrons. The first kappa shape index (κ1) is 63.1. The molecule has 3 N–H and O–H groups in total. The smallest absolute Gasteiger partial charge is 0.220 e. The second-order valence-corrected chi connectivity index (χ2v) is 19.7. The van der Waals surface area contributed by atoms with E-state index in [4.69, 9.17) is 0 Å². The molecule has 0 aliphatic rings. The first-order valence-corrected chi connectivity index (χ1v) is 29.0. The van der Waals surface area contributed by atoms with Crippen molar-refractivity contribution in [3.63, 3.8) is 0 Å². The van der Waals surface area contributed by atoms with Crippen molar-refractivity contribution in [2.24, 2.45) is 0 Å². The molecule has 0 heterocycles. The number of allylic oxidation sites excluding steroid dienone is 9. The fourth-order valence-electron chi connectivity index (χ4n) is 8.76. The molecule has 4 nitrogen and oxygen atoms in total. The highest BCUT2D eigenvalue weighted by atomic mass is 16.3. The number of carbonyl (C=O) groups is 1. The summed E-state index contributed by atoms with van der Waals surface area (Å²) in [7, 11) is 0. The fraction of sp³-hybridized carbons (Fsp3) is 0.820. The summed E-state index contributed by atoms with van der Waals surface area (Å²) >= 11 is 0. The Morgan fingerprint density at radius 2 is 0.662 bits per heavy atom. The minimum Gasteiger partial charge on any atom is -0.394 e.